The second kappa shape index (κ2) is 6.37. The Morgan fingerprint density at radius 1 is 1.24 bits per heavy atom. The van der Waals surface area contributed by atoms with E-state index in [1.54, 1.807) is 0 Å². The SMILES string of the molecule is C[C@@H]1COCCN1c1cc(C2CCOCC2)c(C#N)nn1. The molecule has 0 bridgehead atoms. The van der Waals surface area contributed by atoms with E-state index < -0.39 is 0 Å². The molecule has 0 amide bonds. The van der Waals surface area contributed by atoms with E-state index in [0.29, 0.717) is 24.8 Å². The summed E-state index contributed by atoms with van der Waals surface area (Å²) in [6.45, 7) is 5.84. The third-order valence-corrected chi connectivity index (χ3v) is 4.24. The number of hydrogen-bond donors (Lipinski definition) is 0. The van der Waals surface area contributed by atoms with Gasteiger partial charge >= 0.3 is 0 Å². The summed E-state index contributed by atoms with van der Waals surface area (Å²) in [5, 5.41) is 17.7. The van der Waals surface area contributed by atoms with Gasteiger partial charge in [0, 0.05) is 19.8 Å². The summed E-state index contributed by atoms with van der Waals surface area (Å²) < 4.78 is 10.9. The minimum absolute atomic E-state index is 0.281. The Bertz CT molecular complexity index is 537. The van der Waals surface area contributed by atoms with Crippen molar-refractivity contribution in [1.29, 1.82) is 5.26 Å². The van der Waals surface area contributed by atoms with E-state index in [1.165, 1.54) is 0 Å². The average molecular weight is 288 g/mol. The van der Waals surface area contributed by atoms with Crippen LogP contribution in [0.15, 0.2) is 6.07 Å². The molecule has 0 aromatic carbocycles. The Balaban J connectivity index is 1.90. The predicted molar refractivity (Wildman–Crippen MR) is 77.2 cm³/mol. The molecule has 21 heavy (non-hydrogen) atoms. The van der Waals surface area contributed by atoms with Crippen LogP contribution < -0.4 is 4.90 Å². The molecule has 2 saturated heterocycles. The van der Waals surface area contributed by atoms with Crippen molar-refractivity contribution >= 4 is 5.82 Å². The highest BCUT2D eigenvalue weighted by Crippen LogP contribution is 2.30. The third kappa shape index (κ3) is 2.99. The summed E-state index contributed by atoms with van der Waals surface area (Å²) in [5.41, 5.74) is 1.47. The Kier molecular flexibility index (Phi) is 4.32. The van der Waals surface area contributed by atoms with Crippen LogP contribution in [0.5, 0.6) is 0 Å². The maximum absolute atomic E-state index is 9.28. The fraction of sp³-hybridized carbons (Fsp3) is 0.667. The highest BCUT2D eigenvalue weighted by Gasteiger charge is 2.25. The molecule has 6 heteroatoms. The molecule has 6 nitrogen and oxygen atoms in total. The Morgan fingerprint density at radius 3 is 2.76 bits per heavy atom. The molecule has 0 radical (unpaired) electrons. The second-order valence-electron chi connectivity index (χ2n) is 5.62. The smallest absolute Gasteiger partial charge is 0.166 e. The minimum atomic E-state index is 0.281. The Hall–Kier alpha value is -1.71. The van der Waals surface area contributed by atoms with Crippen LogP contribution in [-0.2, 0) is 9.47 Å². The molecular weight excluding hydrogens is 268 g/mol. The molecule has 0 spiro atoms. The van der Waals surface area contributed by atoms with Crippen LogP contribution in [0, 0.1) is 11.3 Å². The maximum Gasteiger partial charge on any atom is 0.166 e. The number of nitrogens with zero attached hydrogens (tertiary/aromatic N) is 4. The number of anilines is 1. The van der Waals surface area contributed by atoms with Gasteiger partial charge in [-0.05, 0) is 37.3 Å². The van der Waals surface area contributed by atoms with Crippen molar-refractivity contribution in [3.63, 3.8) is 0 Å². The summed E-state index contributed by atoms with van der Waals surface area (Å²) in [6.07, 6.45) is 1.89. The van der Waals surface area contributed by atoms with Crippen molar-refractivity contribution < 1.29 is 9.47 Å². The molecule has 2 fully saturated rings. The summed E-state index contributed by atoms with van der Waals surface area (Å²) in [6, 6.07) is 4.50. The largest absolute Gasteiger partial charge is 0.381 e. The molecule has 1 aromatic rings. The number of nitriles is 1. The monoisotopic (exact) mass is 288 g/mol. The van der Waals surface area contributed by atoms with Crippen LogP contribution in [0.3, 0.4) is 0 Å². The Labute approximate surface area is 124 Å². The van der Waals surface area contributed by atoms with Crippen LogP contribution in [0.25, 0.3) is 0 Å². The second-order valence-corrected chi connectivity index (χ2v) is 5.62. The van der Waals surface area contributed by atoms with Crippen LogP contribution in [0.1, 0.15) is 36.9 Å². The highest BCUT2D eigenvalue weighted by molar-refractivity contribution is 5.46. The van der Waals surface area contributed by atoms with Gasteiger partial charge in [0.05, 0.1) is 19.3 Å². The lowest BCUT2D eigenvalue weighted by Crippen LogP contribution is -2.44. The number of rotatable bonds is 2. The quantitative estimate of drug-likeness (QED) is 0.820. The molecule has 3 rings (SSSR count). The van der Waals surface area contributed by atoms with Crippen molar-refractivity contribution in [3.8, 4) is 6.07 Å². The van der Waals surface area contributed by atoms with Gasteiger partial charge in [-0.3, -0.25) is 0 Å². The summed E-state index contributed by atoms with van der Waals surface area (Å²) in [5.74, 6) is 1.20. The van der Waals surface area contributed by atoms with Crippen LogP contribution in [0.4, 0.5) is 5.82 Å². The molecule has 2 aliphatic rings. The summed E-state index contributed by atoms with van der Waals surface area (Å²) >= 11 is 0. The van der Waals surface area contributed by atoms with Gasteiger partial charge in [-0.1, -0.05) is 0 Å². The molecule has 1 aromatic heterocycles. The molecule has 0 saturated carbocycles. The van der Waals surface area contributed by atoms with E-state index in [2.05, 4.69) is 28.1 Å². The van der Waals surface area contributed by atoms with Gasteiger partial charge in [-0.15, -0.1) is 10.2 Å². The first-order valence-corrected chi connectivity index (χ1v) is 7.49. The van der Waals surface area contributed by atoms with E-state index in [4.69, 9.17) is 9.47 Å². The topological polar surface area (TPSA) is 71.3 Å². The summed E-state index contributed by atoms with van der Waals surface area (Å²) in [7, 11) is 0. The van der Waals surface area contributed by atoms with Crippen molar-refractivity contribution in [3.05, 3.63) is 17.3 Å². The van der Waals surface area contributed by atoms with Crippen molar-refractivity contribution in [2.24, 2.45) is 0 Å². The number of ether oxygens (including phenoxy) is 2. The Morgan fingerprint density at radius 2 is 2.05 bits per heavy atom. The van der Waals surface area contributed by atoms with Gasteiger partial charge in [-0.25, -0.2) is 0 Å². The lowest BCUT2D eigenvalue weighted by Gasteiger charge is -2.34. The van der Waals surface area contributed by atoms with E-state index in [0.717, 1.165) is 44.0 Å². The lowest BCUT2D eigenvalue weighted by atomic mass is 9.91. The molecule has 112 valence electrons. The van der Waals surface area contributed by atoms with E-state index >= 15 is 0 Å². The molecule has 0 N–H and O–H groups in total. The van der Waals surface area contributed by atoms with Crippen molar-refractivity contribution in [2.45, 2.75) is 31.7 Å². The highest BCUT2D eigenvalue weighted by atomic mass is 16.5. The molecule has 2 aliphatic heterocycles. The lowest BCUT2D eigenvalue weighted by molar-refractivity contribution is 0.0851. The average Bonchev–Trinajstić information content (AvgIpc) is 2.55. The first-order valence-electron chi connectivity index (χ1n) is 7.49. The van der Waals surface area contributed by atoms with Gasteiger partial charge in [-0.2, -0.15) is 5.26 Å². The van der Waals surface area contributed by atoms with Crippen LogP contribution in [0.2, 0.25) is 0 Å². The zero-order chi connectivity index (χ0) is 14.7. The summed E-state index contributed by atoms with van der Waals surface area (Å²) in [4.78, 5) is 2.21. The van der Waals surface area contributed by atoms with E-state index in [-0.39, 0.29) is 6.04 Å². The van der Waals surface area contributed by atoms with Crippen molar-refractivity contribution in [1.82, 2.24) is 10.2 Å². The molecule has 3 heterocycles. The number of aromatic nitrogens is 2. The third-order valence-electron chi connectivity index (χ3n) is 4.24. The first kappa shape index (κ1) is 14.2. The van der Waals surface area contributed by atoms with Crippen molar-refractivity contribution in [2.75, 3.05) is 37.9 Å². The predicted octanol–water partition coefficient (Wildman–Crippen LogP) is 1.47. The van der Waals surface area contributed by atoms with Crippen LogP contribution >= 0.6 is 0 Å². The molecule has 0 aliphatic carbocycles. The normalized spacial score (nSPS) is 23.8. The van der Waals surface area contributed by atoms with Gasteiger partial charge in [0.15, 0.2) is 11.5 Å². The first-order chi connectivity index (χ1) is 10.3. The van der Waals surface area contributed by atoms with E-state index in [9.17, 15) is 5.26 Å². The number of hydrogen-bond acceptors (Lipinski definition) is 6. The zero-order valence-electron chi connectivity index (χ0n) is 12.3. The van der Waals surface area contributed by atoms with Gasteiger partial charge in [0.1, 0.15) is 6.07 Å². The standard InChI is InChI=1S/C15H20N4O2/c1-11-10-21-7-4-19(11)15-8-13(14(9-16)17-18-15)12-2-5-20-6-3-12/h8,11-12H,2-7,10H2,1H3/t11-/m1/s1. The maximum atomic E-state index is 9.28. The van der Waals surface area contributed by atoms with Gasteiger partial charge in [0.2, 0.25) is 0 Å². The molecular formula is C15H20N4O2. The van der Waals surface area contributed by atoms with Gasteiger partial charge in [0.25, 0.3) is 0 Å². The fourth-order valence-electron chi connectivity index (χ4n) is 3.01. The molecule has 1 atom stereocenters. The number of morpholine rings is 1. The fourth-order valence-corrected chi connectivity index (χ4v) is 3.01. The van der Waals surface area contributed by atoms with Gasteiger partial charge < -0.3 is 14.4 Å². The minimum Gasteiger partial charge on any atom is -0.381 e. The molecule has 0 unspecified atom stereocenters. The van der Waals surface area contributed by atoms with E-state index in [1.807, 2.05) is 6.07 Å². The van der Waals surface area contributed by atoms with Crippen LogP contribution in [-0.4, -0.2) is 49.2 Å². The zero-order valence-corrected chi connectivity index (χ0v) is 12.3.